The molecule has 2 aromatic carbocycles. The molecule has 1 aromatic heterocycles. The number of aromatic amines is 1. The first-order valence-corrected chi connectivity index (χ1v) is 8.11. The Labute approximate surface area is 134 Å². The molecule has 0 spiro atoms. The second kappa shape index (κ2) is 5.33. The van der Waals surface area contributed by atoms with Crippen molar-refractivity contribution in [1.29, 1.82) is 0 Å². The van der Waals surface area contributed by atoms with E-state index in [1.54, 1.807) is 0 Å². The van der Waals surface area contributed by atoms with Crippen LogP contribution in [0.25, 0.3) is 22.4 Å². The van der Waals surface area contributed by atoms with Crippen molar-refractivity contribution >= 4 is 28.3 Å². The highest BCUT2D eigenvalue weighted by molar-refractivity contribution is 6.34. The van der Waals surface area contributed by atoms with Gasteiger partial charge in [0.15, 0.2) is 0 Å². The zero-order valence-corrected chi connectivity index (χ0v) is 13.3. The van der Waals surface area contributed by atoms with Crippen LogP contribution in [0.5, 0.6) is 0 Å². The average Bonchev–Trinajstić information content (AvgIpc) is 3.18. The van der Waals surface area contributed by atoms with Gasteiger partial charge in [0.05, 0.1) is 16.1 Å². The third kappa shape index (κ3) is 2.17. The smallest absolute Gasteiger partial charge is 0.140 e. The van der Waals surface area contributed by atoms with Crippen molar-refractivity contribution in [1.82, 2.24) is 9.97 Å². The van der Waals surface area contributed by atoms with Crippen LogP contribution >= 0.6 is 11.6 Å². The van der Waals surface area contributed by atoms with Gasteiger partial charge in [-0.3, -0.25) is 0 Å². The van der Waals surface area contributed by atoms with Crippen molar-refractivity contribution in [3.05, 3.63) is 47.0 Å². The summed E-state index contributed by atoms with van der Waals surface area (Å²) in [6.45, 7) is 4.35. The molecule has 0 radical (unpaired) electrons. The van der Waals surface area contributed by atoms with Gasteiger partial charge in [0, 0.05) is 24.3 Å². The Balaban J connectivity index is 1.80. The van der Waals surface area contributed by atoms with Crippen molar-refractivity contribution in [2.45, 2.75) is 19.8 Å². The van der Waals surface area contributed by atoms with Crippen molar-refractivity contribution in [2.24, 2.45) is 0 Å². The molecule has 0 aliphatic carbocycles. The van der Waals surface area contributed by atoms with Crippen LogP contribution in [-0.4, -0.2) is 23.1 Å². The standard InChI is InChI=1S/C18H18ClN3/c1-12-16(22-10-4-5-11-22)9-8-13(17(12)19)18-20-14-6-2-3-7-15(14)21-18/h2-3,6-9H,4-5,10-11H2,1H3,(H,20,21). The number of nitrogens with zero attached hydrogens (tertiary/aromatic N) is 2. The van der Waals surface area contributed by atoms with Crippen molar-refractivity contribution in [3.8, 4) is 11.4 Å². The molecule has 0 amide bonds. The first-order valence-electron chi connectivity index (χ1n) is 7.73. The number of hydrogen-bond donors (Lipinski definition) is 1. The van der Waals surface area contributed by atoms with Crippen LogP contribution in [0.2, 0.25) is 5.02 Å². The van der Waals surface area contributed by atoms with E-state index in [2.05, 4.69) is 33.9 Å². The highest BCUT2D eigenvalue weighted by Gasteiger charge is 2.18. The number of nitrogens with one attached hydrogen (secondary N) is 1. The number of aromatic nitrogens is 2. The molecule has 0 bridgehead atoms. The molecule has 4 rings (SSSR count). The predicted octanol–water partition coefficient (Wildman–Crippen LogP) is 4.79. The SMILES string of the molecule is Cc1c(N2CCCC2)ccc(-c2nc3ccccc3[nH]2)c1Cl. The van der Waals surface area contributed by atoms with E-state index in [-0.39, 0.29) is 0 Å². The van der Waals surface area contributed by atoms with Gasteiger partial charge in [-0.1, -0.05) is 23.7 Å². The highest BCUT2D eigenvalue weighted by Crippen LogP contribution is 2.36. The van der Waals surface area contributed by atoms with Gasteiger partial charge in [0.1, 0.15) is 5.82 Å². The fraction of sp³-hybridized carbons (Fsp3) is 0.278. The molecular formula is C18H18ClN3. The van der Waals surface area contributed by atoms with Crippen LogP contribution in [0.1, 0.15) is 18.4 Å². The van der Waals surface area contributed by atoms with Crippen LogP contribution < -0.4 is 4.90 Å². The Hall–Kier alpha value is -2.00. The van der Waals surface area contributed by atoms with Crippen LogP contribution in [-0.2, 0) is 0 Å². The Morgan fingerprint density at radius 2 is 1.86 bits per heavy atom. The molecule has 0 atom stereocenters. The Morgan fingerprint density at radius 1 is 1.09 bits per heavy atom. The summed E-state index contributed by atoms with van der Waals surface area (Å²) in [5, 5.41) is 0.795. The van der Waals surface area contributed by atoms with E-state index in [9.17, 15) is 0 Å². The third-order valence-corrected chi connectivity index (χ3v) is 4.94. The summed E-state index contributed by atoms with van der Waals surface area (Å²) in [6, 6.07) is 12.3. The van der Waals surface area contributed by atoms with Gasteiger partial charge < -0.3 is 9.88 Å². The molecule has 1 fully saturated rings. The van der Waals surface area contributed by atoms with Crippen LogP contribution in [0.15, 0.2) is 36.4 Å². The molecule has 3 aromatic rings. The van der Waals surface area contributed by atoms with E-state index in [1.807, 2.05) is 24.3 Å². The fourth-order valence-electron chi connectivity index (χ4n) is 3.24. The van der Waals surface area contributed by atoms with Gasteiger partial charge >= 0.3 is 0 Å². The lowest BCUT2D eigenvalue weighted by molar-refractivity contribution is 0.949. The number of hydrogen-bond acceptors (Lipinski definition) is 2. The maximum atomic E-state index is 6.65. The maximum Gasteiger partial charge on any atom is 0.140 e. The maximum absolute atomic E-state index is 6.65. The number of anilines is 1. The molecule has 1 aliphatic heterocycles. The second-order valence-corrected chi connectivity index (χ2v) is 6.25. The summed E-state index contributed by atoms with van der Waals surface area (Å²) < 4.78 is 0. The van der Waals surface area contributed by atoms with E-state index in [4.69, 9.17) is 11.6 Å². The van der Waals surface area contributed by atoms with Crippen LogP contribution in [0, 0.1) is 6.92 Å². The third-order valence-electron chi connectivity index (χ3n) is 4.45. The molecule has 0 saturated carbocycles. The normalized spacial score (nSPS) is 14.9. The zero-order valence-electron chi connectivity index (χ0n) is 12.6. The van der Waals surface area contributed by atoms with E-state index < -0.39 is 0 Å². The van der Waals surface area contributed by atoms with Crippen LogP contribution in [0.4, 0.5) is 5.69 Å². The van der Waals surface area contributed by atoms with Gasteiger partial charge in [-0.25, -0.2) is 4.98 Å². The van der Waals surface area contributed by atoms with Crippen molar-refractivity contribution in [2.75, 3.05) is 18.0 Å². The van der Waals surface area contributed by atoms with Gasteiger partial charge in [-0.2, -0.15) is 0 Å². The zero-order chi connectivity index (χ0) is 15.1. The summed E-state index contributed by atoms with van der Waals surface area (Å²) in [5.41, 5.74) is 5.37. The Kier molecular flexibility index (Phi) is 3.30. The summed E-state index contributed by atoms with van der Waals surface area (Å²) in [6.07, 6.45) is 2.53. The number of halogens is 1. The summed E-state index contributed by atoms with van der Waals surface area (Å²) in [7, 11) is 0. The number of rotatable bonds is 2. The lowest BCUT2D eigenvalue weighted by Crippen LogP contribution is -2.18. The number of fused-ring (bicyclic) bond motifs is 1. The van der Waals surface area contributed by atoms with Gasteiger partial charge in [-0.05, 0) is 49.6 Å². The first kappa shape index (κ1) is 13.6. The lowest BCUT2D eigenvalue weighted by Gasteiger charge is -2.21. The molecule has 1 aliphatic rings. The van der Waals surface area contributed by atoms with Crippen molar-refractivity contribution in [3.63, 3.8) is 0 Å². The molecule has 4 heteroatoms. The molecule has 1 N–H and O–H groups in total. The molecule has 2 heterocycles. The molecule has 1 saturated heterocycles. The minimum atomic E-state index is 0.795. The minimum Gasteiger partial charge on any atom is -0.371 e. The monoisotopic (exact) mass is 311 g/mol. The number of para-hydroxylation sites is 2. The number of H-pyrrole nitrogens is 1. The van der Waals surface area contributed by atoms with Crippen LogP contribution in [0.3, 0.4) is 0 Å². The molecule has 112 valence electrons. The van der Waals surface area contributed by atoms with Crippen molar-refractivity contribution < 1.29 is 0 Å². The van der Waals surface area contributed by atoms with E-state index in [0.717, 1.165) is 46.1 Å². The van der Waals surface area contributed by atoms with Gasteiger partial charge in [0.2, 0.25) is 0 Å². The van der Waals surface area contributed by atoms with E-state index in [0.29, 0.717) is 0 Å². The predicted molar refractivity (Wildman–Crippen MR) is 92.7 cm³/mol. The topological polar surface area (TPSA) is 31.9 Å². The van der Waals surface area contributed by atoms with Gasteiger partial charge in [0.25, 0.3) is 0 Å². The highest BCUT2D eigenvalue weighted by atomic mass is 35.5. The largest absolute Gasteiger partial charge is 0.371 e. The van der Waals surface area contributed by atoms with E-state index >= 15 is 0 Å². The fourth-order valence-corrected chi connectivity index (χ4v) is 3.49. The van der Waals surface area contributed by atoms with E-state index in [1.165, 1.54) is 18.5 Å². The second-order valence-electron chi connectivity index (χ2n) is 5.87. The molecular weight excluding hydrogens is 294 g/mol. The summed E-state index contributed by atoms with van der Waals surface area (Å²) in [4.78, 5) is 10.4. The number of benzene rings is 2. The summed E-state index contributed by atoms with van der Waals surface area (Å²) >= 11 is 6.65. The first-order chi connectivity index (χ1) is 10.7. The Morgan fingerprint density at radius 3 is 2.64 bits per heavy atom. The quantitative estimate of drug-likeness (QED) is 0.737. The molecule has 0 unspecified atom stereocenters. The summed E-state index contributed by atoms with van der Waals surface area (Å²) in [5.74, 6) is 0.835. The Bertz CT molecular complexity index is 798. The van der Waals surface area contributed by atoms with Gasteiger partial charge in [-0.15, -0.1) is 0 Å². The minimum absolute atomic E-state index is 0.795. The number of imidazole rings is 1. The average molecular weight is 312 g/mol. The molecule has 22 heavy (non-hydrogen) atoms. The lowest BCUT2D eigenvalue weighted by atomic mass is 10.1. The molecule has 3 nitrogen and oxygen atoms in total.